The van der Waals surface area contributed by atoms with Gasteiger partial charge in [0, 0.05) is 29.9 Å². The Morgan fingerprint density at radius 3 is 2.95 bits per heavy atom. The van der Waals surface area contributed by atoms with Gasteiger partial charge in [0.15, 0.2) is 9.84 Å². The molecule has 2 N–H and O–H groups in total. The van der Waals surface area contributed by atoms with Gasteiger partial charge < -0.3 is 10.6 Å². The molecule has 1 aliphatic rings. The molecule has 0 amide bonds. The Labute approximate surface area is 125 Å². The average molecular weight is 367 g/mol. The van der Waals surface area contributed by atoms with Crippen molar-refractivity contribution >= 4 is 49.3 Å². The van der Waals surface area contributed by atoms with E-state index in [0.717, 1.165) is 5.75 Å². The standard InChI is InChI=1S/C10H15BrN4O2S2/c1-2-19(16,17)9-6-18-4-3-15(9)10-13-7(11)5-8(12)14-10/h5,9H,2-4,6H2,1H3,(H2,12,13,14). The first-order valence-electron chi connectivity index (χ1n) is 5.80. The SMILES string of the molecule is CCS(=O)(=O)C1CSCCN1c1nc(N)cc(Br)n1. The van der Waals surface area contributed by atoms with E-state index in [-0.39, 0.29) is 5.75 Å². The third-order valence-electron chi connectivity index (χ3n) is 2.86. The summed E-state index contributed by atoms with van der Waals surface area (Å²) in [7, 11) is -3.18. The monoisotopic (exact) mass is 366 g/mol. The van der Waals surface area contributed by atoms with Crippen LogP contribution in [0, 0.1) is 0 Å². The number of nitrogen functional groups attached to an aromatic ring is 1. The van der Waals surface area contributed by atoms with Crippen LogP contribution in [0.5, 0.6) is 0 Å². The zero-order chi connectivity index (χ0) is 14.0. The number of anilines is 2. The molecule has 1 aromatic rings. The lowest BCUT2D eigenvalue weighted by molar-refractivity contribution is 0.577. The Kier molecular flexibility index (Phi) is 4.57. The molecule has 9 heteroatoms. The summed E-state index contributed by atoms with van der Waals surface area (Å²) in [5.41, 5.74) is 5.69. The van der Waals surface area contributed by atoms with Gasteiger partial charge in [0.05, 0.1) is 0 Å². The highest BCUT2D eigenvalue weighted by molar-refractivity contribution is 9.10. The van der Waals surface area contributed by atoms with Crippen molar-refractivity contribution in [1.29, 1.82) is 0 Å². The molecule has 0 radical (unpaired) electrons. The smallest absolute Gasteiger partial charge is 0.229 e. The van der Waals surface area contributed by atoms with Crippen LogP contribution >= 0.6 is 27.7 Å². The molecule has 1 aliphatic heterocycles. The van der Waals surface area contributed by atoms with Crippen LogP contribution in [0.1, 0.15) is 6.92 Å². The molecule has 0 bridgehead atoms. The molecular weight excluding hydrogens is 352 g/mol. The number of thioether (sulfide) groups is 1. The van der Waals surface area contributed by atoms with Crippen molar-refractivity contribution in [3.8, 4) is 0 Å². The fourth-order valence-electron chi connectivity index (χ4n) is 1.85. The Morgan fingerprint density at radius 2 is 2.32 bits per heavy atom. The molecule has 6 nitrogen and oxygen atoms in total. The van der Waals surface area contributed by atoms with Gasteiger partial charge in [-0.05, 0) is 15.9 Å². The molecule has 0 spiro atoms. The van der Waals surface area contributed by atoms with Gasteiger partial charge in [0.2, 0.25) is 5.95 Å². The largest absolute Gasteiger partial charge is 0.383 e. The van der Waals surface area contributed by atoms with E-state index in [9.17, 15) is 8.42 Å². The van der Waals surface area contributed by atoms with Crippen LogP contribution in [0.3, 0.4) is 0 Å². The Bertz CT molecular complexity index is 546. The lowest BCUT2D eigenvalue weighted by Gasteiger charge is -2.34. The summed E-state index contributed by atoms with van der Waals surface area (Å²) in [5, 5.41) is -0.579. The van der Waals surface area contributed by atoms with Crippen molar-refractivity contribution in [3.63, 3.8) is 0 Å². The number of hydrogen-bond donors (Lipinski definition) is 1. The van der Waals surface area contributed by atoms with Crippen molar-refractivity contribution in [2.24, 2.45) is 0 Å². The van der Waals surface area contributed by atoms with Gasteiger partial charge in [-0.2, -0.15) is 16.7 Å². The van der Waals surface area contributed by atoms with Gasteiger partial charge in [-0.3, -0.25) is 0 Å². The van der Waals surface area contributed by atoms with Gasteiger partial charge >= 0.3 is 0 Å². The second-order valence-corrected chi connectivity index (χ2v) is 8.50. The average Bonchev–Trinajstić information content (AvgIpc) is 2.37. The summed E-state index contributed by atoms with van der Waals surface area (Å²) in [4.78, 5) is 10.1. The fourth-order valence-corrected chi connectivity index (χ4v) is 5.21. The van der Waals surface area contributed by atoms with E-state index in [1.54, 1.807) is 29.7 Å². The second kappa shape index (κ2) is 5.84. The van der Waals surface area contributed by atoms with E-state index in [4.69, 9.17) is 5.73 Å². The lowest BCUT2D eigenvalue weighted by atomic mass is 10.5. The lowest BCUT2D eigenvalue weighted by Crippen LogP contribution is -2.48. The Balaban J connectivity index is 2.39. The fraction of sp³-hybridized carbons (Fsp3) is 0.600. The molecular formula is C10H15BrN4O2S2. The van der Waals surface area contributed by atoms with E-state index >= 15 is 0 Å². The molecule has 1 fully saturated rings. The number of aromatic nitrogens is 2. The first-order valence-corrected chi connectivity index (χ1v) is 9.46. The predicted octanol–water partition coefficient (Wildman–Crippen LogP) is 1.14. The van der Waals surface area contributed by atoms with Crippen molar-refractivity contribution in [1.82, 2.24) is 9.97 Å². The number of rotatable bonds is 3. The Hall–Kier alpha value is -0.540. The van der Waals surface area contributed by atoms with Crippen LogP contribution < -0.4 is 10.6 Å². The first kappa shape index (κ1) is 14.9. The van der Waals surface area contributed by atoms with E-state index in [0.29, 0.717) is 28.7 Å². The topological polar surface area (TPSA) is 89.2 Å². The minimum atomic E-state index is -3.18. The van der Waals surface area contributed by atoms with Crippen LogP contribution in [0.25, 0.3) is 0 Å². The first-order chi connectivity index (χ1) is 8.94. The maximum atomic E-state index is 12.2. The van der Waals surface area contributed by atoms with E-state index in [2.05, 4.69) is 25.9 Å². The van der Waals surface area contributed by atoms with Gasteiger partial charge in [-0.15, -0.1) is 0 Å². The van der Waals surface area contributed by atoms with Gasteiger partial charge in [0.25, 0.3) is 0 Å². The van der Waals surface area contributed by atoms with Crippen molar-refractivity contribution in [2.75, 3.05) is 34.4 Å². The highest BCUT2D eigenvalue weighted by atomic mass is 79.9. The number of halogens is 1. The van der Waals surface area contributed by atoms with Crippen LogP contribution in [0.15, 0.2) is 10.7 Å². The highest BCUT2D eigenvalue weighted by Crippen LogP contribution is 2.26. The van der Waals surface area contributed by atoms with Crippen molar-refractivity contribution in [3.05, 3.63) is 10.7 Å². The molecule has 2 rings (SSSR count). The minimum absolute atomic E-state index is 0.109. The maximum Gasteiger partial charge on any atom is 0.229 e. The number of hydrogen-bond acceptors (Lipinski definition) is 7. The van der Waals surface area contributed by atoms with E-state index < -0.39 is 15.2 Å². The zero-order valence-corrected chi connectivity index (χ0v) is 13.6. The van der Waals surface area contributed by atoms with Gasteiger partial charge in [-0.1, -0.05) is 6.92 Å². The molecule has 2 heterocycles. The normalized spacial score (nSPS) is 20.5. The molecule has 0 saturated carbocycles. The summed E-state index contributed by atoms with van der Waals surface area (Å²) in [6.07, 6.45) is 0. The predicted molar refractivity (Wildman–Crippen MR) is 82.1 cm³/mol. The summed E-state index contributed by atoms with van der Waals surface area (Å²) in [6.45, 7) is 2.26. The van der Waals surface area contributed by atoms with Crippen LogP contribution in [0.2, 0.25) is 0 Å². The van der Waals surface area contributed by atoms with Gasteiger partial charge in [-0.25, -0.2) is 13.4 Å². The quantitative estimate of drug-likeness (QED) is 0.802. The zero-order valence-electron chi connectivity index (χ0n) is 10.4. The van der Waals surface area contributed by atoms with Crippen molar-refractivity contribution in [2.45, 2.75) is 12.3 Å². The molecule has 0 aliphatic carbocycles. The summed E-state index contributed by atoms with van der Waals surface area (Å²) < 4.78 is 24.9. The third-order valence-corrected chi connectivity index (χ3v) is 6.56. The minimum Gasteiger partial charge on any atom is -0.383 e. The van der Waals surface area contributed by atoms with Crippen LogP contribution in [-0.2, 0) is 9.84 Å². The number of nitrogens with zero attached hydrogens (tertiary/aromatic N) is 3. The van der Waals surface area contributed by atoms with Crippen molar-refractivity contribution < 1.29 is 8.42 Å². The summed E-state index contributed by atoms with van der Waals surface area (Å²) >= 11 is 4.89. The molecule has 1 unspecified atom stereocenters. The summed E-state index contributed by atoms with van der Waals surface area (Å²) in [5.74, 6) is 2.19. The molecule has 106 valence electrons. The molecule has 1 atom stereocenters. The maximum absolute atomic E-state index is 12.2. The van der Waals surface area contributed by atoms with E-state index in [1.165, 1.54) is 0 Å². The second-order valence-electron chi connectivity index (χ2n) is 4.09. The van der Waals surface area contributed by atoms with Gasteiger partial charge in [0.1, 0.15) is 15.8 Å². The highest BCUT2D eigenvalue weighted by Gasteiger charge is 2.34. The van der Waals surface area contributed by atoms with Crippen LogP contribution in [-0.4, -0.2) is 47.6 Å². The Morgan fingerprint density at radius 1 is 1.58 bits per heavy atom. The number of sulfone groups is 1. The van der Waals surface area contributed by atoms with E-state index in [1.807, 2.05) is 0 Å². The molecule has 0 aromatic carbocycles. The molecule has 1 aromatic heterocycles. The molecule has 1 saturated heterocycles. The summed E-state index contributed by atoms with van der Waals surface area (Å²) in [6, 6.07) is 1.59. The van der Waals surface area contributed by atoms with Crippen LogP contribution in [0.4, 0.5) is 11.8 Å². The molecule has 19 heavy (non-hydrogen) atoms. The number of nitrogens with two attached hydrogens (primary N) is 1. The third kappa shape index (κ3) is 3.32.